The number of nitrogens with zero attached hydrogens (tertiary/aromatic N) is 3. The predicted octanol–water partition coefficient (Wildman–Crippen LogP) is -9.95. The summed E-state index contributed by atoms with van der Waals surface area (Å²) >= 11 is 0. The molecule has 0 aliphatic heterocycles. The standard InChI is InChI=1S/C21H36N6O6.3Na/c28-16(29)10-4-1-7-13-22-19-25-20(23-14-8-2-5-11-17(30)31)27-21(26-19)24-15-9-3-6-12-18(32)33;;;/h1-15H2,(H,28,29)(H,30,31)(H,32,33)(H3,22,23,24,25,26,27);;;/q;3*+1/p-3. The first-order chi connectivity index (χ1) is 15.9. The van der Waals surface area contributed by atoms with Crippen LogP contribution >= 0.6 is 0 Å². The first-order valence-corrected chi connectivity index (χ1v) is 11.4. The minimum atomic E-state index is -1.05. The molecule has 0 spiro atoms. The van der Waals surface area contributed by atoms with Crippen LogP contribution < -0.4 is 120 Å². The van der Waals surface area contributed by atoms with E-state index < -0.39 is 17.9 Å². The molecule has 186 valence electrons. The van der Waals surface area contributed by atoms with Gasteiger partial charge in [0.05, 0.1) is 0 Å². The van der Waals surface area contributed by atoms with Gasteiger partial charge in [0.1, 0.15) is 0 Å². The molecule has 1 aromatic rings. The number of carboxylic acid groups (broad SMARTS) is 3. The zero-order valence-electron chi connectivity index (χ0n) is 21.9. The SMILES string of the molecule is O=C([O-])CCCCCNc1nc(NCCCCCC(=O)[O-])nc(NCCCCCC(=O)[O-])n1.[Na+].[Na+].[Na+]. The van der Waals surface area contributed by atoms with Crippen LogP contribution in [0, 0.1) is 0 Å². The van der Waals surface area contributed by atoms with Gasteiger partial charge in [-0.25, -0.2) is 0 Å². The second kappa shape index (κ2) is 26.4. The summed E-state index contributed by atoms with van der Waals surface area (Å²) in [6, 6.07) is 0. The van der Waals surface area contributed by atoms with Gasteiger partial charge in [-0.1, -0.05) is 19.3 Å². The maximum atomic E-state index is 10.5. The normalized spacial score (nSPS) is 9.67. The van der Waals surface area contributed by atoms with E-state index in [1.165, 1.54) is 0 Å². The van der Waals surface area contributed by atoms with Gasteiger partial charge in [-0.15, -0.1) is 0 Å². The number of carboxylic acids is 3. The number of rotatable bonds is 21. The maximum absolute atomic E-state index is 10.5. The Kier molecular flexibility index (Phi) is 29.6. The molecule has 0 fully saturated rings. The zero-order valence-corrected chi connectivity index (χ0v) is 27.9. The Bertz CT molecular complexity index is 641. The second-order valence-electron chi connectivity index (χ2n) is 7.63. The van der Waals surface area contributed by atoms with Gasteiger partial charge in [0.25, 0.3) is 0 Å². The smallest absolute Gasteiger partial charge is 0.550 e. The van der Waals surface area contributed by atoms with E-state index in [0.29, 0.717) is 56.7 Å². The summed E-state index contributed by atoms with van der Waals surface area (Å²) < 4.78 is 0. The molecule has 0 aliphatic carbocycles. The van der Waals surface area contributed by atoms with Gasteiger partial charge < -0.3 is 45.7 Å². The van der Waals surface area contributed by atoms with Crippen LogP contribution in [0.5, 0.6) is 0 Å². The summed E-state index contributed by atoms with van der Waals surface area (Å²) in [5.74, 6) is -2.01. The van der Waals surface area contributed by atoms with E-state index in [2.05, 4.69) is 30.9 Å². The Morgan fingerprint density at radius 3 is 0.944 bits per heavy atom. The quantitative estimate of drug-likeness (QED) is 0.0997. The van der Waals surface area contributed by atoms with E-state index in [9.17, 15) is 29.7 Å². The van der Waals surface area contributed by atoms with Crippen molar-refractivity contribution >= 4 is 35.8 Å². The first-order valence-electron chi connectivity index (χ1n) is 11.4. The van der Waals surface area contributed by atoms with Crippen molar-refractivity contribution in [2.24, 2.45) is 0 Å². The second-order valence-corrected chi connectivity index (χ2v) is 7.63. The number of anilines is 3. The van der Waals surface area contributed by atoms with Crippen LogP contribution in [0.25, 0.3) is 0 Å². The molecule has 12 nitrogen and oxygen atoms in total. The first kappa shape index (κ1) is 40.3. The molecule has 0 amide bonds. The molecule has 0 bridgehead atoms. The zero-order chi connectivity index (χ0) is 24.3. The molecule has 1 rings (SSSR count). The van der Waals surface area contributed by atoms with E-state index in [1.54, 1.807) is 0 Å². The Labute approximate surface area is 278 Å². The molecule has 0 saturated heterocycles. The Morgan fingerprint density at radius 2 is 0.722 bits per heavy atom. The molecular formula is C21H33N6Na3O6. The molecule has 0 unspecified atom stereocenters. The number of unbranched alkanes of at least 4 members (excludes halogenated alkanes) is 6. The summed E-state index contributed by atoms with van der Waals surface area (Å²) in [6.45, 7) is 1.72. The minimum absolute atomic E-state index is 0. The number of hydrogen-bond donors (Lipinski definition) is 3. The van der Waals surface area contributed by atoms with E-state index in [0.717, 1.165) is 38.5 Å². The van der Waals surface area contributed by atoms with Crippen molar-refractivity contribution in [2.45, 2.75) is 77.0 Å². The van der Waals surface area contributed by atoms with Crippen LogP contribution in [0.15, 0.2) is 0 Å². The van der Waals surface area contributed by atoms with Gasteiger partial charge in [-0.2, -0.15) is 15.0 Å². The van der Waals surface area contributed by atoms with Crippen molar-refractivity contribution in [1.82, 2.24) is 15.0 Å². The van der Waals surface area contributed by atoms with Crippen LogP contribution in [0.4, 0.5) is 17.8 Å². The molecule has 0 atom stereocenters. The molecule has 1 heterocycles. The summed E-state index contributed by atoms with van der Waals surface area (Å²) in [7, 11) is 0. The number of nitrogens with one attached hydrogen (secondary N) is 3. The van der Waals surface area contributed by atoms with Gasteiger partial charge in [-0.3, -0.25) is 0 Å². The van der Waals surface area contributed by atoms with Gasteiger partial charge in [0.15, 0.2) is 0 Å². The molecule has 0 radical (unpaired) electrons. The van der Waals surface area contributed by atoms with Crippen molar-refractivity contribution in [3.63, 3.8) is 0 Å². The average molecular weight is 535 g/mol. The molecule has 3 N–H and O–H groups in total. The Hall–Kier alpha value is -0.180. The van der Waals surface area contributed by atoms with Crippen molar-refractivity contribution in [3.8, 4) is 0 Å². The third-order valence-corrected chi connectivity index (χ3v) is 4.66. The number of hydrogen-bond acceptors (Lipinski definition) is 12. The fraction of sp³-hybridized carbons (Fsp3) is 0.714. The van der Waals surface area contributed by atoms with E-state index >= 15 is 0 Å². The summed E-state index contributed by atoms with van der Waals surface area (Å²) in [6.07, 6.45) is 6.24. The van der Waals surface area contributed by atoms with Gasteiger partial charge >= 0.3 is 88.7 Å². The van der Waals surface area contributed by atoms with Crippen LogP contribution in [-0.2, 0) is 14.4 Å². The monoisotopic (exact) mass is 534 g/mol. The molecule has 15 heteroatoms. The van der Waals surface area contributed by atoms with Crippen LogP contribution in [0.2, 0.25) is 0 Å². The molecule has 36 heavy (non-hydrogen) atoms. The molecule has 0 aliphatic rings. The van der Waals surface area contributed by atoms with E-state index in [4.69, 9.17) is 0 Å². The van der Waals surface area contributed by atoms with E-state index in [-0.39, 0.29) is 108 Å². The number of carbonyl (C=O) groups is 3. The van der Waals surface area contributed by atoms with Crippen LogP contribution in [0.3, 0.4) is 0 Å². The Morgan fingerprint density at radius 1 is 0.472 bits per heavy atom. The molecular weight excluding hydrogens is 501 g/mol. The van der Waals surface area contributed by atoms with Crippen molar-refractivity contribution in [1.29, 1.82) is 0 Å². The molecule has 0 saturated carbocycles. The summed E-state index contributed by atoms with van der Waals surface area (Å²) in [5.41, 5.74) is 0. The fourth-order valence-electron chi connectivity index (χ4n) is 2.93. The third kappa shape index (κ3) is 24.2. The number of aliphatic carboxylic acids is 3. The average Bonchev–Trinajstić information content (AvgIpc) is 2.75. The fourth-order valence-corrected chi connectivity index (χ4v) is 2.93. The Balaban J connectivity index is -0.00000363. The van der Waals surface area contributed by atoms with Crippen molar-refractivity contribution < 1.29 is 118 Å². The van der Waals surface area contributed by atoms with Crippen LogP contribution in [0.1, 0.15) is 77.0 Å². The van der Waals surface area contributed by atoms with Gasteiger partial charge in [-0.05, 0) is 57.8 Å². The van der Waals surface area contributed by atoms with E-state index in [1.807, 2.05) is 0 Å². The molecule has 1 aromatic heterocycles. The topological polar surface area (TPSA) is 195 Å². The maximum Gasteiger partial charge on any atom is 1.00 e. The van der Waals surface area contributed by atoms with Gasteiger partial charge in [0.2, 0.25) is 17.8 Å². The minimum Gasteiger partial charge on any atom is -0.550 e. The summed E-state index contributed by atoms with van der Waals surface area (Å²) in [5, 5.41) is 40.7. The van der Waals surface area contributed by atoms with Gasteiger partial charge in [0, 0.05) is 37.5 Å². The third-order valence-electron chi connectivity index (χ3n) is 4.66. The van der Waals surface area contributed by atoms with Crippen molar-refractivity contribution in [2.75, 3.05) is 35.6 Å². The predicted molar refractivity (Wildman–Crippen MR) is 116 cm³/mol. The number of carbonyl (C=O) groups excluding carboxylic acids is 3. The summed E-state index contributed by atoms with van der Waals surface area (Å²) in [4.78, 5) is 44.4. The van der Waals surface area contributed by atoms with Crippen LogP contribution in [-0.4, -0.2) is 52.5 Å². The molecule has 0 aromatic carbocycles. The van der Waals surface area contributed by atoms with Crippen molar-refractivity contribution in [3.05, 3.63) is 0 Å². The largest absolute Gasteiger partial charge is 1.00 e. The number of aromatic nitrogens is 3.